The summed E-state index contributed by atoms with van der Waals surface area (Å²) in [6, 6.07) is 12.9. The van der Waals surface area contributed by atoms with Crippen LogP contribution in [0.1, 0.15) is 32.2 Å². The van der Waals surface area contributed by atoms with Crippen LogP contribution >= 0.6 is 34.8 Å². The quantitative estimate of drug-likeness (QED) is 0.314. The van der Waals surface area contributed by atoms with Crippen molar-refractivity contribution in [2.45, 2.75) is 33.1 Å². The summed E-state index contributed by atoms with van der Waals surface area (Å²) in [5, 5.41) is 1.73. The molecular weight excluding hydrogens is 441 g/mol. The Bertz CT molecular complexity index is 1220. The minimum absolute atomic E-state index is 0.128. The van der Waals surface area contributed by atoms with E-state index in [1.165, 1.54) is 0 Å². The molecule has 0 aliphatic rings. The first-order valence-electron chi connectivity index (χ1n) is 9.42. The predicted octanol–water partition coefficient (Wildman–Crippen LogP) is 7.76. The number of benzene rings is 2. The van der Waals surface area contributed by atoms with Crippen molar-refractivity contribution >= 4 is 34.8 Å². The fourth-order valence-electron chi connectivity index (χ4n) is 3.19. The van der Waals surface area contributed by atoms with E-state index < -0.39 is 0 Å². The molecule has 154 valence electrons. The van der Waals surface area contributed by atoms with Gasteiger partial charge in [-0.05, 0) is 49.4 Å². The molecule has 2 aromatic heterocycles. The van der Waals surface area contributed by atoms with Gasteiger partial charge < -0.3 is 4.42 Å². The van der Waals surface area contributed by atoms with Gasteiger partial charge in [0.2, 0.25) is 5.89 Å². The third kappa shape index (κ3) is 3.87. The summed E-state index contributed by atoms with van der Waals surface area (Å²) in [5.41, 5.74) is 3.93. The summed E-state index contributed by atoms with van der Waals surface area (Å²) in [5.74, 6) is 1.14. The van der Waals surface area contributed by atoms with Gasteiger partial charge in [-0.25, -0.2) is 9.97 Å². The molecular formula is C23H20Cl3N3O. The van der Waals surface area contributed by atoms with Crippen LogP contribution in [0.3, 0.4) is 0 Å². The Hall–Kier alpha value is -2.27. The Morgan fingerprint density at radius 2 is 1.57 bits per heavy atom. The second kappa shape index (κ2) is 7.77. The van der Waals surface area contributed by atoms with E-state index in [9.17, 15) is 0 Å². The molecule has 0 amide bonds. The molecule has 0 unspecified atom stereocenters. The van der Waals surface area contributed by atoms with E-state index in [1.807, 2.05) is 41.8 Å². The number of rotatable bonds is 3. The average molecular weight is 461 g/mol. The van der Waals surface area contributed by atoms with Gasteiger partial charge in [-0.2, -0.15) is 0 Å². The highest BCUT2D eigenvalue weighted by molar-refractivity contribution is 6.36. The molecule has 2 heterocycles. The lowest BCUT2D eigenvalue weighted by Crippen LogP contribution is -2.11. The summed E-state index contributed by atoms with van der Waals surface area (Å²) in [6.45, 7) is 8.25. The molecule has 0 aliphatic carbocycles. The molecule has 7 heteroatoms. The van der Waals surface area contributed by atoms with Crippen LogP contribution in [0, 0.1) is 6.92 Å². The third-order valence-corrected chi connectivity index (χ3v) is 5.64. The molecule has 0 aliphatic heterocycles. The number of hydrogen-bond donors (Lipinski definition) is 0. The van der Waals surface area contributed by atoms with Gasteiger partial charge in [-0.15, -0.1) is 0 Å². The molecule has 0 radical (unpaired) electrons. The number of oxazole rings is 1. The van der Waals surface area contributed by atoms with E-state index in [1.54, 1.807) is 18.4 Å². The first-order chi connectivity index (χ1) is 14.1. The number of nitrogens with zero attached hydrogens (tertiary/aromatic N) is 3. The maximum atomic E-state index is 6.52. The normalized spacial score (nSPS) is 11.8. The molecule has 0 atom stereocenters. The lowest BCUT2D eigenvalue weighted by Gasteiger charge is -2.12. The largest absolute Gasteiger partial charge is 0.443 e. The van der Waals surface area contributed by atoms with Gasteiger partial charge in [0.05, 0.1) is 16.4 Å². The Labute approximate surface area is 190 Å². The lowest BCUT2D eigenvalue weighted by molar-refractivity contribution is 0.543. The SMILES string of the molecule is Cc1c(-c2nc(C(C)(C)C)co2)nc(-c2ccc(Cl)cc2Cl)n1-c1ccc(Cl)cc1. The Balaban J connectivity index is 1.95. The minimum atomic E-state index is -0.128. The molecule has 30 heavy (non-hydrogen) atoms. The number of halogens is 3. The van der Waals surface area contributed by atoms with Gasteiger partial charge in [0, 0.05) is 26.7 Å². The van der Waals surface area contributed by atoms with Crippen LogP contribution in [0.2, 0.25) is 15.1 Å². The molecule has 2 aromatic carbocycles. The van der Waals surface area contributed by atoms with E-state index in [2.05, 4.69) is 25.8 Å². The van der Waals surface area contributed by atoms with Crippen LogP contribution in [0.5, 0.6) is 0 Å². The Kier molecular flexibility index (Phi) is 5.43. The minimum Gasteiger partial charge on any atom is -0.443 e. The second-order valence-electron chi connectivity index (χ2n) is 8.09. The van der Waals surface area contributed by atoms with Crippen LogP contribution in [-0.2, 0) is 5.41 Å². The van der Waals surface area contributed by atoms with Crippen molar-refractivity contribution < 1.29 is 4.42 Å². The summed E-state index contributed by atoms with van der Waals surface area (Å²) in [7, 11) is 0. The summed E-state index contributed by atoms with van der Waals surface area (Å²) >= 11 is 18.7. The average Bonchev–Trinajstić information content (AvgIpc) is 3.28. The highest BCUT2D eigenvalue weighted by Gasteiger charge is 2.25. The fourth-order valence-corrected chi connectivity index (χ4v) is 3.81. The molecule has 0 saturated carbocycles. The Morgan fingerprint density at radius 3 is 2.17 bits per heavy atom. The van der Waals surface area contributed by atoms with E-state index in [0.29, 0.717) is 32.5 Å². The molecule has 0 spiro atoms. The van der Waals surface area contributed by atoms with Gasteiger partial charge in [0.1, 0.15) is 17.8 Å². The van der Waals surface area contributed by atoms with Crippen LogP contribution < -0.4 is 0 Å². The molecule has 0 N–H and O–H groups in total. The molecule has 4 nitrogen and oxygen atoms in total. The van der Waals surface area contributed by atoms with Gasteiger partial charge >= 0.3 is 0 Å². The van der Waals surface area contributed by atoms with Crippen molar-refractivity contribution in [3.8, 4) is 28.7 Å². The first-order valence-corrected chi connectivity index (χ1v) is 10.6. The van der Waals surface area contributed by atoms with Crippen LogP contribution in [0.4, 0.5) is 0 Å². The molecule has 0 fully saturated rings. The maximum absolute atomic E-state index is 6.52. The van der Waals surface area contributed by atoms with Crippen LogP contribution in [0.25, 0.3) is 28.7 Å². The van der Waals surface area contributed by atoms with Crippen molar-refractivity contribution in [3.05, 3.63) is 75.2 Å². The topological polar surface area (TPSA) is 43.9 Å². The first kappa shape index (κ1) is 21.0. The lowest BCUT2D eigenvalue weighted by atomic mass is 9.93. The monoisotopic (exact) mass is 459 g/mol. The molecule has 0 saturated heterocycles. The number of hydrogen-bond acceptors (Lipinski definition) is 3. The molecule has 4 rings (SSSR count). The zero-order chi connectivity index (χ0) is 21.6. The van der Waals surface area contributed by atoms with E-state index in [0.717, 1.165) is 22.6 Å². The van der Waals surface area contributed by atoms with Crippen molar-refractivity contribution in [3.63, 3.8) is 0 Å². The van der Waals surface area contributed by atoms with Crippen molar-refractivity contribution in [2.75, 3.05) is 0 Å². The van der Waals surface area contributed by atoms with E-state index in [-0.39, 0.29) is 5.41 Å². The number of imidazole rings is 1. The maximum Gasteiger partial charge on any atom is 0.247 e. The van der Waals surface area contributed by atoms with Gasteiger partial charge in [0.25, 0.3) is 0 Å². The van der Waals surface area contributed by atoms with E-state index >= 15 is 0 Å². The summed E-state index contributed by atoms with van der Waals surface area (Å²) in [6.07, 6.45) is 1.69. The summed E-state index contributed by atoms with van der Waals surface area (Å²) in [4.78, 5) is 9.57. The highest BCUT2D eigenvalue weighted by atomic mass is 35.5. The predicted molar refractivity (Wildman–Crippen MR) is 123 cm³/mol. The van der Waals surface area contributed by atoms with Crippen LogP contribution in [-0.4, -0.2) is 14.5 Å². The van der Waals surface area contributed by atoms with Crippen molar-refractivity contribution in [1.29, 1.82) is 0 Å². The van der Waals surface area contributed by atoms with Gasteiger partial charge in [-0.1, -0.05) is 55.6 Å². The summed E-state index contributed by atoms with van der Waals surface area (Å²) < 4.78 is 7.82. The van der Waals surface area contributed by atoms with Gasteiger partial charge in [-0.3, -0.25) is 4.57 Å². The van der Waals surface area contributed by atoms with Crippen molar-refractivity contribution in [1.82, 2.24) is 14.5 Å². The van der Waals surface area contributed by atoms with Crippen molar-refractivity contribution in [2.24, 2.45) is 0 Å². The van der Waals surface area contributed by atoms with Gasteiger partial charge in [0.15, 0.2) is 0 Å². The van der Waals surface area contributed by atoms with E-state index in [4.69, 9.17) is 44.2 Å². The third-order valence-electron chi connectivity index (χ3n) is 4.84. The molecule has 4 aromatic rings. The zero-order valence-corrected chi connectivity index (χ0v) is 19.3. The highest BCUT2D eigenvalue weighted by Crippen LogP contribution is 2.36. The zero-order valence-electron chi connectivity index (χ0n) is 17.0. The molecule has 0 bridgehead atoms. The smallest absolute Gasteiger partial charge is 0.247 e. The number of aromatic nitrogens is 3. The fraction of sp³-hybridized carbons (Fsp3) is 0.217. The standard InChI is InChI=1S/C23H20Cl3N3O/c1-13-20(22-27-19(12-30-22)23(2,3)4)28-21(17-10-7-15(25)11-18(17)26)29(13)16-8-5-14(24)6-9-16/h5-12H,1-4H3. The Morgan fingerprint density at radius 1 is 0.900 bits per heavy atom. The second-order valence-corrected chi connectivity index (χ2v) is 9.37. The van der Waals surface area contributed by atoms with Crippen LogP contribution in [0.15, 0.2) is 53.1 Å².